The molecule has 1 amide bonds. The molecule has 5 aliphatic rings. The molecule has 7 rings (SSSR count). The summed E-state index contributed by atoms with van der Waals surface area (Å²) in [7, 11) is 0. The highest BCUT2D eigenvalue weighted by atomic mass is 16.6. The molecule has 2 unspecified atom stereocenters. The SMILES string of the molecule is CC(=O)O[C@H]1C(=O)[C@@]2(C)[C@H]([C@H](OC(=O)C3C=CC=CC3)[C@]3(O)CC(OC(=O)[C@H](OC(C)=O)[C@@H](NC(=O)c4ccccc4)c4ccccc4)C=C1C3(C)C)[C@]1(OC(C)=O)CO[C@@H]1C[C@@H]2O. The van der Waals surface area contributed by atoms with Gasteiger partial charge in [-0.2, -0.15) is 0 Å². The topological polar surface area (TPSA) is 227 Å². The summed E-state index contributed by atoms with van der Waals surface area (Å²) in [5.74, 6) is -8.43. The highest BCUT2D eigenvalue weighted by molar-refractivity contribution is 5.96. The molecule has 0 spiro atoms. The molecule has 0 aromatic heterocycles. The molecule has 2 saturated carbocycles. The number of allylic oxidation sites excluding steroid dienone is 3. The van der Waals surface area contributed by atoms with Gasteiger partial charge in [-0.25, -0.2) is 4.79 Å². The van der Waals surface area contributed by atoms with Gasteiger partial charge in [-0.3, -0.25) is 28.8 Å². The Morgan fingerprint density at radius 1 is 0.859 bits per heavy atom. The van der Waals surface area contributed by atoms with E-state index >= 15 is 4.79 Å². The lowest BCUT2D eigenvalue weighted by atomic mass is 9.45. The number of amides is 1. The smallest absolute Gasteiger partial charge is 0.350 e. The van der Waals surface area contributed by atoms with Crippen LogP contribution in [-0.2, 0) is 57.2 Å². The standard InChI is InChI=1S/C48H53NO15/c1-26(50)60-37-33-22-32(62-44(57)38(61-27(2)51)36(29-16-10-7-11-17-29)49-42(55)30-18-12-8-13-19-30)24-48(58,45(33,4)5)41(63-43(56)31-20-14-9-15-21-31)39-46(6,40(37)54)34(53)23-35-47(39,25-59-35)64-28(3)52/h7-20,22,31-32,34-39,41,53,58H,21,23-25H2,1-6H3,(H,49,55)/t31?,32?,34-,35+,36-,37+,38+,39-,41-,46+,47-,48+/m0/s1. The minimum absolute atomic E-state index is 0.0535. The number of ether oxygens (including phenoxy) is 6. The first-order valence-electron chi connectivity index (χ1n) is 21.2. The minimum Gasteiger partial charge on any atom is -0.458 e. The van der Waals surface area contributed by atoms with E-state index in [0.717, 1.165) is 20.8 Å². The van der Waals surface area contributed by atoms with Crippen LogP contribution in [0.25, 0.3) is 0 Å². The van der Waals surface area contributed by atoms with E-state index in [9.17, 15) is 39.0 Å². The molecule has 64 heavy (non-hydrogen) atoms. The number of aliphatic hydroxyl groups excluding tert-OH is 1. The number of carbonyl (C=O) groups is 7. The van der Waals surface area contributed by atoms with Crippen molar-refractivity contribution in [3.05, 3.63) is 108 Å². The molecule has 4 aliphatic carbocycles. The van der Waals surface area contributed by atoms with Crippen molar-refractivity contribution in [2.24, 2.45) is 22.7 Å². The lowest BCUT2D eigenvalue weighted by Crippen LogP contribution is -2.81. The predicted molar refractivity (Wildman–Crippen MR) is 223 cm³/mol. The summed E-state index contributed by atoms with van der Waals surface area (Å²) in [5, 5.41) is 28.5. The third-order valence-electron chi connectivity index (χ3n) is 13.6. The van der Waals surface area contributed by atoms with Crippen LogP contribution in [0.15, 0.2) is 96.6 Å². The fraction of sp³-hybridized carbons (Fsp3) is 0.479. The maximum atomic E-state index is 15.4. The van der Waals surface area contributed by atoms with Crippen LogP contribution >= 0.6 is 0 Å². The summed E-state index contributed by atoms with van der Waals surface area (Å²) in [5.41, 5.74) is -7.32. The Kier molecular flexibility index (Phi) is 12.6. The summed E-state index contributed by atoms with van der Waals surface area (Å²) in [6, 6.07) is 15.1. The number of Topliss-reactive ketones (excluding diaryl/α,β-unsaturated/α-hetero) is 1. The monoisotopic (exact) mass is 883 g/mol. The quantitative estimate of drug-likeness (QED) is 0.166. The Labute approximate surface area is 369 Å². The molecule has 0 radical (unpaired) electrons. The molecule has 2 bridgehead atoms. The number of rotatable bonds is 11. The number of esters is 5. The maximum Gasteiger partial charge on any atom is 0.350 e. The summed E-state index contributed by atoms with van der Waals surface area (Å²) in [4.78, 5) is 96.8. The first kappa shape index (κ1) is 46.0. The number of benzene rings is 2. The van der Waals surface area contributed by atoms with Gasteiger partial charge in [0.15, 0.2) is 17.5 Å². The molecule has 3 N–H and O–H groups in total. The number of carbonyl (C=O) groups excluding carboxylic acids is 7. The van der Waals surface area contributed by atoms with Crippen molar-refractivity contribution < 1.29 is 72.2 Å². The average molecular weight is 884 g/mol. The molecule has 1 heterocycles. The lowest BCUT2D eigenvalue weighted by Gasteiger charge is -2.67. The number of hydrogen-bond donors (Lipinski definition) is 3. The van der Waals surface area contributed by atoms with Crippen molar-refractivity contribution in [3.8, 4) is 0 Å². The van der Waals surface area contributed by atoms with Gasteiger partial charge in [0.2, 0.25) is 6.10 Å². The van der Waals surface area contributed by atoms with Crippen LogP contribution in [0.1, 0.15) is 82.8 Å². The number of ketones is 1. The zero-order chi connectivity index (χ0) is 46.4. The first-order valence-corrected chi connectivity index (χ1v) is 21.2. The lowest BCUT2D eigenvalue weighted by molar-refractivity contribution is -0.347. The zero-order valence-corrected chi connectivity index (χ0v) is 36.4. The molecule has 3 fully saturated rings. The van der Waals surface area contributed by atoms with Crippen molar-refractivity contribution in [1.82, 2.24) is 5.32 Å². The summed E-state index contributed by atoms with van der Waals surface area (Å²) < 4.78 is 36.0. The minimum atomic E-state index is -2.39. The third kappa shape index (κ3) is 8.07. The van der Waals surface area contributed by atoms with Crippen LogP contribution in [0.4, 0.5) is 0 Å². The summed E-state index contributed by atoms with van der Waals surface area (Å²) >= 11 is 0. The van der Waals surface area contributed by atoms with Crippen LogP contribution in [0, 0.1) is 22.7 Å². The Morgan fingerprint density at radius 3 is 2.11 bits per heavy atom. The van der Waals surface area contributed by atoms with Crippen molar-refractivity contribution in [2.45, 2.75) is 115 Å². The van der Waals surface area contributed by atoms with Crippen LogP contribution in [0.3, 0.4) is 0 Å². The van der Waals surface area contributed by atoms with Crippen LogP contribution in [0.5, 0.6) is 0 Å². The van der Waals surface area contributed by atoms with E-state index in [-0.39, 0.29) is 30.6 Å². The Morgan fingerprint density at radius 2 is 1.53 bits per heavy atom. The fourth-order valence-corrected chi connectivity index (χ4v) is 10.2. The van der Waals surface area contributed by atoms with E-state index in [2.05, 4.69) is 5.32 Å². The van der Waals surface area contributed by atoms with Crippen molar-refractivity contribution in [2.75, 3.05) is 6.61 Å². The van der Waals surface area contributed by atoms with Gasteiger partial charge < -0.3 is 44.0 Å². The van der Waals surface area contributed by atoms with Gasteiger partial charge in [0.05, 0.1) is 30.0 Å². The van der Waals surface area contributed by atoms with Gasteiger partial charge >= 0.3 is 29.8 Å². The van der Waals surface area contributed by atoms with E-state index < -0.39 is 124 Å². The average Bonchev–Trinajstić information content (AvgIpc) is 3.25. The predicted octanol–water partition coefficient (Wildman–Crippen LogP) is 3.73. The fourth-order valence-electron chi connectivity index (χ4n) is 10.2. The molecule has 2 aromatic rings. The van der Waals surface area contributed by atoms with E-state index in [1.807, 2.05) is 0 Å². The number of fused-ring (bicyclic) bond motifs is 5. The molecular formula is C48H53NO15. The molecule has 1 aliphatic heterocycles. The Balaban J connectivity index is 1.38. The first-order chi connectivity index (χ1) is 30.2. The van der Waals surface area contributed by atoms with Crippen molar-refractivity contribution >= 4 is 41.5 Å². The van der Waals surface area contributed by atoms with E-state index in [1.54, 1.807) is 98.8 Å². The molecule has 1 saturated heterocycles. The van der Waals surface area contributed by atoms with Crippen molar-refractivity contribution in [1.29, 1.82) is 0 Å². The van der Waals surface area contributed by atoms with Crippen LogP contribution in [-0.4, -0.2) is 106 Å². The van der Waals surface area contributed by atoms with Gasteiger partial charge in [-0.1, -0.05) is 86.7 Å². The Bertz CT molecular complexity index is 2290. The maximum absolute atomic E-state index is 15.4. The molecule has 16 nitrogen and oxygen atoms in total. The second-order valence-electron chi connectivity index (χ2n) is 17.8. The highest BCUT2D eigenvalue weighted by Crippen LogP contribution is 2.64. The molecule has 340 valence electrons. The molecule has 12 atom stereocenters. The zero-order valence-electron chi connectivity index (χ0n) is 36.4. The van der Waals surface area contributed by atoms with Gasteiger partial charge in [-0.15, -0.1) is 0 Å². The summed E-state index contributed by atoms with van der Waals surface area (Å²) in [6.07, 6.45) is -2.00. The van der Waals surface area contributed by atoms with E-state index in [0.29, 0.717) is 5.56 Å². The molecule has 2 aromatic carbocycles. The summed E-state index contributed by atoms with van der Waals surface area (Å²) in [6.45, 7) is 7.49. The van der Waals surface area contributed by atoms with Gasteiger partial charge in [0, 0.05) is 44.6 Å². The van der Waals surface area contributed by atoms with Crippen LogP contribution < -0.4 is 5.32 Å². The number of nitrogens with one attached hydrogen (secondary N) is 1. The molecular weight excluding hydrogens is 831 g/mol. The number of hydrogen-bond acceptors (Lipinski definition) is 15. The van der Waals surface area contributed by atoms with Gasteiger partial charge in [0.1, 0.15) is 30.0 Å². The van der Waals surface area contributed by atoms with Gasteiger partial charge in [-0.05, 0) is 42.7 Å². The normalized spacial score (nSPS) is 33.1. The van der Waals surface area contributed by atoms with Crippen LogP contribution in [0.2, 0.25) is 0 Å². The second kappa shape index (κ2) is 17.5. The molecule has 16 heteroatoms. The van der Waals surface area contributed by atoms with Gasteiger partial charge in [0.25, 0.3) is 5.91 Å². The third-order valence-corrected chi connectivity index (χ3v) is 13.6. The highest BCUT2D eigenvalue weighted by Gasteiger charge is 2.78. The second-order valence-corrected chi connectivity index (χ2v) is 17.8. The van der Waals surface area contributed by atoms with E-state index in [4.69, 9.17) is 28.4 Å². The number of aliphatic hydroxyl groups is 2. The Hall–Kier alpha value is -5.97. The largest absolute Gasteiger partial charge is 0.458 e. The van der Waals surface area contributed by atoms with E-state index in [1.165, 1.54) is 13.0 Å². The van der Waals surface area contributed by atoms with Crippen molar-refractivity contribution in [3.63, 3.8) is 0 Å².